The van der Waals surface area contributed by atoms with Gasteiger partial charge in [0.1, 0.15) is 0 Å². The minimum atomic E-state index is -3.47. The molecule has 1 amide bonds. The van der Waals surface area contributed by atoms with Crippen molar-refractivity contribution in [3.05, 3.63) is 23.8 Å². The van der Waals surface area contributed by atoms with Crippen molar-refractivity contribution in [1.82, 2.24) is 4.31 Å². The van der Waals surface area contributed by atoms with Crippen molar-refractivity contribution in [3.8, 4) is 0 Å². The molecule has 0 aromatic heterocycles. The average Bonchev–Trinajstić information content (AvgIpc) is 2.71. The van der Waals surface area contributed by atoms with Crippen molar-refractivity contribution in [1.29, 1.82) is 0 Å². The van der Waals surface area contributed by atoms with E-state index in [-0.39, 0.29) is 4.90 Å². The lowest BCUT2D eigenvalue weighted by molar-refractivity contribution is 0.202. The monoisotopic (exact) mass is 270 g/mol. The minimum Gasteiger partial charge on any atom is -0.465 e. The van der Waals surface area contributed by atoms with Gasteiger partial charge in [-0.25, -0.2) is 17.5 Å². The number of sulfonamides is 1. The normalized spacial score (nSPS) is 14.9. The summed E-state index contributed by atoms with van der Waals surface area (Å²) in [5.74, 6) is 0. The first-order valence-electron chi connectivity index (χ1n) is 5.40. The molecular formula is C11H14N2O4S. The van der Waals surface area contributed by atoms with Gasteiger partial charge in [-0.05, 0) is 30.2 Å². The van der Waals surface area contributed by atoms with Gasteiger partial charge >= 0.3 is 6.09 Å². The summed E-state index contributed by atoms with van der Waals surface area (Å²) in [6.45, 7) is 0.371. The largest absolute Gasteiger partial charge is 0.465 e. The highest BCUT2D eigenvalue weighted by Crippen LogP contribution is 2.30. The van der Waals surface area contributed by atoms with E-state index >= 15 is 0 Å². The Bertz CT molecular complexity index is 595. The van der Waals surface area contributed by atoms with Gasteiger partial charge in [-0.1, -0.05) is 0 Å². The maximum atomic E-state index is 11.9. The first-order chi connectivity index (χ1) is 8.34. The van der Waals surface area contributed by atoms with Crippen molar-refractivity contribution in [3.63, 3.8) is 0 Å². The van der Waals surface area contributed by atoms with Crippen molar-refractivity contribution < 1.29 is 18.3 Å². The molecule has 0 saturated carbocycles. The number of benzene rings is 1. The van der Waals surface area contributed by atoms with E-state index < -0.39 is 16.1 Å². The fourth-order valence-corrected chi connectivity index (χ4v) is 2.90. The van der Waals surface area contributed by atoms with Gasteiger partial charge in [0.2, 0.25) is 10.0 Å². The molecule has 1 aliphatic heterocycles. The second kappa shape index (κ2) is 4.25. The van der Waals surface area contributed by atoms with E-state index in [9.17, 15) is 13.2 Å². The Morgan fingerprint density at radius 2 is 2.06 bits per heavy atom. The SMILES string of the molecule is CN(C)S(=O)(=O)c1ccc2c(c1)CCN2C(=O)O. The van der Waals surface area contributed by atoms with Gasteiger partial charge in [0.25, 0.3) is 0 Å². The van der Waals surface area contributed by atoms with Crippen LogP contribution in [-0.2, 0) is 16.4 Å². The summed E-state index contributed by atoms with van der Waals surface area (Å²) in [6, 6.07) is 4.54. The molecule has 1 heterocycles. The van der Waals surface area contributed by atoms with Gasteiger partial charge in [-0.3, -0.25) is 4.90 Å². The lowest BCUT2D eigenvalue weighted by Crippen LogP contribution is -2.26. The zero-order valence-corrected chi connectivity index (χ0v) is 10.9. The molecule has 1 aromatic carbocycles. The van der Waals surface area contributed by atoms with Crippen LogP contribution in [0.25, 0.3) is 0 Å². The van der Waals surface area contributed by atoms with E-state index in [1.807, 2.05) is 0 Å². The Hall–Kier alpha value is -1.60. The number of amides is 1. The average molecular weight is 270 g/mol. The molecule has 1 N–H and O–H groups in total. The van der Waals surface area contributed by atoms with E-state index in [4.69, 9.17) is 5.11 Å². The van der Waals surface area contributed by atoms with Gasteiger partial charge in [-0.2, -0.15) is 0 Å². The number of anilines is 1. The third kappa shape index (κ3) is 1.95. The first-order valence-corrected chi connectivity index (χ1v) is 6.84. The van der Waals surface area contributed by atoms with Crippen molar-refractivity contribution in [2.75, 3.05) is 25.5 Å². The number of hydrogen-bond donors (Lipinski definition) is 1. The van der Waals surface area contributed by atoms with Gasteiger partial charge in [0.05, 0.1) is 10.6 Å². The fourth-order valence-electron chi connectivity index (χ4n) is 1.95. The standard InChI is InChI=1S/C11H14N2O4S/c1-12(2)18(16,17)9-3-4-10-8(7-9)5-6-13(10)11(14)15/h3-4,7H,5-6H2,1-2H3,(H,14,15). The van der Waals surface area contributed by atoms with E-state index in [0.29, 0.717) is 18.7 Å². The second-order valence-electron chi connectivity index (χ2n) is 4.26. The Labute approximate surface area is 105 Å². The molecule has 0 atom stereocenters. The third-order valence-corrected chi connectivity index (χ3v) is 4.77. The van der Waals surface area contributed by atoms with E-state index in [2.05, 4.69) is 0 Å². The Balaban J connectivity index is 2.46. The van der Waals surface area contributed by atoms with E-state index in [0.717, 1.165) is 9.87 Å². The first kappa shape index (κ1) is 12.8. The smallest absolute Gasteiger partial charge is 0.411 e. The highest BCUT2D eigenvalue weighted by atomic mass is 32.2. The molecule has 6 nitrogen and oxygen atoms in total. The molecular weight excluding hydrogens is 256 g/mol. The minimum absolute atomic E-state index is 0.193. The maximum absolute atomic E-state index is 11.9. The summed E-state index contributed by atoms with van der Waals surface area (Å²) in [5, 5.41) is 8.98. The summed E-state index contributed by atoms with van der Waals surface area (Å²) in [6.07, 6.45) is -0.477. The van der Waals surface area contributed by atoms with Crippen molar-refractivity contribution >= 4 is 21.8 Å². The van der Waals surface area contributed by atoms with Crippen LogP contribution < -0.4 is 4.90 Å². The van der Waals surface area contributed by atoms with E-state index in [1.54, 1.807) is 12.1 Å². The molecule has 18 heavy (non-hydrogen) atoms. The number of hydrogen-bond acceptors (Lipinski definition) is 3. The van der Waals surface area contributed by atoms with Crippen LogP contribution in [-0.4, -0.2) is 44.6 Å². The van der Waals surface area contributed by atoms with E-state index in [1.165, 1.54) is 25.1 Å². The van der Waals surface area contributed by atoms with Crippen LogP contribution >= 0.6 is 0 Å². The lowest BCUT2D eigenvalue weighted by Gasteiger charge is -2.14. The molecule has 0 aliphatic carbocycles. The topological polar surface area (TPSA) is 77.9 Å². The van der Waals surface area contributed by atoms with Gasteiger partial charge in [0.15, 0.2) is 0 Å². The number of nitrogens with zero attached hydrogens (tertiary/aromatic N) is 2. The van der Waals surface area contributed by atoms with Gasteiger partial charge in [-0.15, -0.1) is 0 Å². The molecule has 0 fully saturated rings. The molecule has 0 unspecified atom stereocenters. The highest BCUT2D eigenvalue weighted by molar-refractivity contribution is 7.89. The molecule has 2 rings (SSSR count). The fraction of sp³-hybridized carbons (Fsp3) is 0.364. The zero-order chi connectivity index (χ0) is 13.5. The molecule has 0 bridgehead atoms. The molecule has 98 valence electrons. The number of carboxylic acid groups (broad SMARTS) is 1. The van der Waals surface area contributed by atoms with Crippen LogP contribution in [0.3, 0.4) is 0 Å². The predicted octanol–water partition coefficient (Wildman–Crippen LogP) is 0.977. The van der Waals surface area contributed by atoms with Crippen LogP contribution in [0.4, 0.5) is 10.5 Å². The summed E-state index contributed by atoms with van der Waals surface area (Å²) < 4.78 is 25.0. The molecule has 0 spiro atoms. The quantitative estimate of drug-likeness (QED) is 0.869. The van der Waals surface area contributed by atoms with Crippen LogP contribution in [0, 0.1) is 0 Å². The molecule has 0 radical (unpaired) electrons. The summed E-state index contributed by atoms with van der Waals surface area (Å²) in [5.41, 5.74) is 1.32. The van der Waals surface area contributed by atoms with Crippen LogP contribution in [0.2, 0.25) is 0 Å². The number of carbonyl (C=O) groups is 1. The van der Waals surface area contributed by atoms with Crippen molar-refractivity contribution in [2.24, 2.45) is 0 Å². The molecule has 1 aliphatic rings. The highest BCUT2D eigenvalue weighted by Gasteiger charge is 2.26. The summed E-state index contributed by atoms with van der Waals surface area (Å²) >= 11 is 0. The predicted molar refractivity (Wildman–Crippen MR) is 66.4 cm³/mol. The van der Waals surface area contributed by atoms with Crippen LogP contribution in [0.5, 0.6) is 0 Å². The van der Waals surface area contributed by atoms with Gasteiger partial charge < -0.3 is 5.11 Å². The molecule has 0 saturated heterocycles. The third-order valence-electron chi connectivity index (χ3n) is 2.96. The maximum Gasteiger partial charge on any atom is 0.411 e. The lowest BCUT2D eigenvalue weighted by atomic mass is 10.2. The van der Waals surface area contributed by atoms with Crippen LogP contribution in [0.1, 0.15) is 5.56 Å². The second-order valence-corrected chi connectivity index (χ2v) is 6.41. The summed E-state index contributed by atoms with van der Waals surface area (Å²) in [7, 11) is -0.540. The zero-order valence-electron chi connectivity index (χ0n) is 10.1. The number of rotatable bonds is 2. The summed E-state index contributed by atoms with van der Waals surface area (Å²) in [4.78, 5) is 12.4. The molecule has 1 aromatic rings. The molecule has 7 heteroatoms. The van der Waals surface area contributed by atoms with Crippen molar-refractivity contribution in [2.45, 2.75) is 11.3 Å². The number of fused-ring (bicyclic) bond motifs is 1. The Kier molecular flexibility index (Phi) is 3.04. The van der Waals surface area contributed by atoms with Gasteiger partial charge in [0, 0.05) is 20.6 Å². The van der Waals surface area contributed by atoms with Crippen LogP contribution in [0.15, 0.2) is 23.1 Å². The Morgan fingerprint density at radius 1 is 1.39 bits per heavy atom. The Morgan fingerprint density at radius 3 is 2.61 bits per heavy atom.